The fraction of sp³-hybridized carbons (Fsp3) is 0.364. The minimum atomic E-state index is -0.267. The Morgan fingerprint density at radius 3 is 3.06 bits per heavy atom. The number of rotatable bonds is 4. The minimum Gasteiger partial charge on any atom is -0.395 e. The Balaban J connectivity index is 1.68. The molecule has 3 rings (SSSR count). The Kier molecular flexibility index (Phi) is 2.51. The molecule has 0 radical (unpaired) electrons. The molecule has 0 saturated heterocycles. The summed E-state index contributed by atoms with van der Waals surface area (Å²) in [5, 5.41) is 16.1. The minimum absolute atomic E-state index is 0.267. The van der Waals surface area contributed by atoms with Gasteiger partial charge in [-0.1, -0.05) is 0 Å². The smallest absolute Gasteiger partial charge is 0.274 e. The summed E-state index contributed by atoms with van der Waals surface area (Å²) in [7, 11) is 0. The zero-order chi connectivity index (χ0) is 12.5. The lowest BCUT2D eigenvalue weighted by Gasteiger charge is -2.01. The molecule has 0 bridgehead atoms. The van der Waals surface area contributed by atoms with Crippen molar-refractivity contribution in [1.82, 2.24) is 25.7 Å². The van der Waals surface area contributed by atoms with Gasteiger partial charge in [-0.15, -0.1) is 0 Å². The van der Waals surface area contributed by atoms with Crippen LogP contribution in [0.5, 0.6) is 0 Å². The highest BCUT2D eigenvalue weighted by Crippen LogP contribution is 2.42. The van der Waals surface area contributed by atoms with E-state index in [1.165, 1.54) is 0 Å². The summed E-state index contributed by atoms with van der Waals surface area (Å²) in [6, 6.07) is 0. The zero-order valence-electron chi connectivity index (χ0n) is 9.73. The van der Waals surface area contributed by atoms with E-state index in [1.807, 2.05) is 0 Å². The molecule has 18 heavy (non-hydrogen) atoms. The normalized spacial score (nSPS) is 14.7. The van der Waals surface area contributed by atoms with Gasteiger partial charge in [-0.3, -0.25) is 15.0 Å². The molecule has 7 heteroatoms. The average molecular weight is 246 g/mol. The van der Waals surface area contributed by atoms with Crippen LogP contribution in [-0.4, -0.2) is 26.3 Å². The fourth-order valence-corrected chi connectivity index (χ4v) is 1.86. The molecule has 0 aromatic carbocycles. The number of hydrogen-bond acceptors (Lipinski definition) is 4. The van der Waals surface area contributed by atoms with Crippen molar-refractivity contribution in [3.05, 3.63) is 29.3 Å². The van der Waals surface area contributed by atoms with Gasteiger partial charge in [-0.05, 0) is 12.8 Å². The van der Waals surface area contributed by atoms with Gasteiger partial charge < -0.3 is 11.1 Å². The van der Waals surface area contributed by atoms with Crippen LogP contribution < -0.4 is 11.1 Å². The van der Waals surface area contributed by atoms with Crippen molar-refractivity contribution in [2.24, 2.45) is 0 Å². The number of carbonyl (C=O) groups excluding carboxylic acids is 1. The Hall–Kier alpha value is -2.31. The fourth-order valence-electron chi connectivity index (χ4n) is 1.86. The van der Waals surface area contributed by atoms with Crippen LogP contribution in [0.4, 0.5) is 5.69 Å². The van der Waals surface area contributed by atoms with Crippen LogP contribution in [0.2, 0.25) is 0 Å². The molecule has 1 amide bonds. The summed E-state index contributed by atoms with van der Waals surface area (Å²) in [6.45, 7) is 0.403. The van der Waals surface area contributed by atoms with Crippen LogP contribution >= 0.6 is 0 Å². The molecular formula is C11H14N6O. The van der Waals surface area contributed by atoms with E-state index in [1.54, 1.807) is 12.4 Å². The number of carbonyl (C=O) groups is 1. The van der Waals surface area contributed by atoms with E-state index in [0.29, 0.717) is 18.2 Å². The summed E-state index contributed by atoms with van der Waals surface area (Å²) >= 11 is 0. The number of nitrogens with zero attached hydrogens (tertiary/aromatic N) is 2. The van der Waals surface area contributed by atoms with E-state index < -0.39 is 0 Å². The van der Waals surface area contributed by atoms with E-state index >= 15 is 0 Å². The van der Waals surface area contributed by atoms with E-state index in [9.17, 15) is 4.79 Å². The maximum absolute atomic E-state index is 11.9. The first-order chi connectivity index (χ1) is 8.75. The van der Waals surface area contributed by atoms with Gasteiger partial charge in [0.15, 0.2) is 5.69 Å². The van der Waals surface area contributed by atoms with Crippen molar-refractivity contribution in [2.45, 2.75) is 25.3 Å². The van der Waals surface area contributed by atoms with Gasteiger partial charge in [0.25, 0.3) is 5.91 Å². The third kappa shape index (κ3) is 1.94. The van der Waals surface area contributed by atoms with Crippen molar-refractivity contribution >= 4 is 11.6 Å². The topological polar surface area (TPSA) is 112 Å². The van der Waals surface area contributed by atoms with E-state index in [-0.39, 0.29) is 11.6 Å². The Bertz CT molecular complexity index is 554. The number of amides is 1. The van der Waals surface area contributed by atoms with Crippen molar-refractivity contribution < 1.29 is 4.79 Å². The number of aromatic nitrogens is 4. The lowest BCUT2D eigenvalue weighted by atomic mass is 10.2. The summed E-state index contributed by atoms with van der Waals surface area (Å²) < 4.78 is 0. The second-order valence-corrected chi connectivity index (χ2v) is 4.46. The van der Waals surface area contributed by atoms with Crippen molar-refractivity contribution in [1.29, 1.82) is 0 Å². The van der Waals surface area contributed by atoms with Gasteiger partial charge in [0, 0.05) is 24.2 Å². The predicted molar refractivity (Wildman–Crippen MR) is 64.7 cm³/mol. The number of nitrogens with one attached hydrogen (secondary N) is 3. The highest BCUT2D eigenvalue weighted by atomic mass is 16.1. The van der Waals surface area contributed by atoms with Crippen LogP contribution in [0.1, 0.15) is 40.5 Å². The SMILES string of the molecule is Nc1c(C(=O)NCc2cn[nH]c2)n[nH]c1C1CC1. The maximum Gasteiger partial charge on any atom is 0.274 e. The summed E-state index contributed by atoms with van der Waals surface area (Å²) in [6.07, 6.45) is 5.61. The molecule has 94 valence electrons. The monoisotopic (exact) mass is 246 g/mol. The van der Waals surface area contributed by atoms with Gasteiger partial charge in [-0.2, -0.15) is 10.2 Å². The van der Waals surface area contributed by atoms with Gasteiger partial charge in [0.1, 0.15) is 0 Å². The molecule has 5 N–H and O–H groups in total. The number of hydrogen-bond donors (Lipinski definition) is 4. The number of nitrogen functional groups attached to an aromatic ring is 1. The lowest BCUT2D eigenvalue weighted by molar-refractivity contribution is 0.0947. The first-order valence-corrected chi connectivity index (χ1v) is 5.85. The predicted octanol–water partition coefficient (Wildman–Crippen LogP) is 0.522. The number of aromatic amines is 2. The maximum atomic E-state index is 11.9. The molecular weight excluding hydrogens is 232 g/mol. The first-order valence-electron chi connectivity index (χ1n) is 5.85. The van der Waals surface area contributed by atoms with Crippen LogP contribution in [0.3, 0.4) is 0 Å². The second kappa shape index (κ2) is 4.17. The summed E-state index contributed by atoms with van der Waals surface area (Å²) in [5.74, 6) is 0.185. The van der Waals surface area contributed by atoms with Crippen molar-refractivity contribution in [3.63, 3.8) is 0 Å². The highest BCUT2D eigenvalue weighted by Gasteiger charge is 2.30. The number of anilines is 1. The third-order valence-electron chi connectivity index (χ3n) is 3.04. The van der Waals surface area contributed by atoms with Gasteiger partial charge in [0.05, 0.1) is 17.6 Å². The standard InChI is InChI=1S/C11H14N6O/c12-8-9(7-1-2-7)16-17-10(8)11(18)13-3-6-4-14-15-5-6/h4-5,7H,1-3,12H2,(H,13,18)(H,14,15)(H,16,17). The van der Waals surface area contributed by atoms with Crippen LogP contribution in [0.25, 0.3) is 0 Å². The Labute approximate surface area is 103 Å². The number of H-pyrrole nitrogens is 2. The Morgan fingerprint density at radius 1 is 1.56 bits per heavy atom. The second-order valence-electron chi connectivity index (χ2n) is 4.46. The number of nitrogens with two attached hydrogens (primary N) is 1. The van der Waals surface area contributed by atoms with Crippen LogP contribution in [-0.2, 0) is 6.54 Å². The van der Waals surface area contributed by atoms with E-state index in [4.69, 9.17) is 5.73 Å². The first kappa shape index (κ1) is 10.8. The molecule has 0 aliphatic heterocycles. The van der Waals surface area contributed by atoms with E-state index in [0.717, 1.165) is 24.1 Å². The zero-order valence-corrected chi connectivity index (χ0v) is 9.73. The molecule has 7 nitrogen and oxygen atoms in total. The Morgan fingerprint density at radius 2 is 2.39 bits per heavy atom. The van der Waals surface area contributed by atoms with Gasteiger partial charge in [-0.25, -0.2) is 0 Å². The van der Waals surface area contributed by atoms with Crippen molar-refractivity contribution in [3.8, 4) is 0 Å². The quantitative estimate of drug-likeness (QED) is 0.630. The molecule has 2 aromatic rings. The molecule has 0 unspecified atom stereocenters. The summed E-state index contributed by atoms with van der Waals surface area (Å²) in [5.41, 5.74) is 8.47. The third-order valence-corrected chi connectivity index (χ3v) is 3.04. The van der Waals surface area contributed by atoms with Crippen LogP contribution in [0.15, 0.2) is 12.4 Å². The van der Waals surface area contributed by atoms with Crippen LogP contribution in [0, 0.1) is 0 Å². The molecule has 0 spiro atoms. The van der Waals surface area contributed by atoms with Gasteiger partial charge >= 0.3 is 0 Å². The molecule has 1 aliphatic rings. The largest absolute Gasteiger partial charge is 0.395 e. The van der Waals surface area contributed by atoms with E-state index in [2.05, 4.69) is 25.7 Å². The molecule has 0 atom stereocenters. The molecule has 1 fully saturated rings. The lowest BCUT2D eigenvalue weighted by Crippen LogP contribution is -2.23. The molecule has 1 aliphatic carbocycles. The molecule has 2 aromatic heterocycles. The molecule has 2 heterocycles. The summed E-state index contributed by atoms with van der Waals surface area (Å²) in [4.78, 5) is 11.9. The molecule has 1 saturated carbocycles. The van der Waals surface area contributed by atoms with Crippen molar-refractivity contribution in [2.75, 3.05) is 5.73 Å². The highest BCUT2D eigenvalue weighted by molar-refractivity contribution is 5.97. The average Bonchev–Trinajstić information content (AvgIpc) is 2.93. The van der Waals surface area contributed by atoms with Gasteiger partial charge in [0.2, 0.25) is 0 Å².